The van der Waals surface area contributed by atoms with Crippen LogP contribution in [0.5, 0.6) is 11.5 Å². The molecule has 222 valence electrons. The van der Waals surface area contributed by atoms with Gasteiger partial charge in [0, 0.05) is 22.9 Å². The van der Waals surface area contributed by atoms with E-state index < -0.39 is 53.3 Å². The number of rotatable bonds is 12. The Morgan fingerprint density at radius 3 is 2.33 bits per heavy atom. The highest BCUT2D eigenvalue weighted by molar-refractivity contribution is 7.11. The van der Waals surface area contributed by atoms with Crippen LogP contribution >= 0.6 is 11.3 Å². The van der Waals surface area contributed by atoms with Crippen molar-refractivity contribution >= 4 is 11.3 Å². The molecule has 1 aliphatic carbocycles. The Balaban J connectivity index is 2.12. The van der Waals surface area contributed by atoms with Gasteiger partial charge in [-0.2, -0.15) is 36.2 Å². The number of hydroxylamine groups is 1. The Labute approximate surface area is 230 Å². The van der Waals surface area contributed by atoms with Gasteiger partial charge in [0.15, 0.2) is 11.5 Å². The van der Waals surface area contributed by atoms with Gasteiger partial charge in [-0.1, -0.05) is 31.4 Å². The lowest BCUT2D eigenvalue weighted by molar-refractivity contribution is -0.838. The maximum Gasteiger partial charge on any atom is 0.424 e. The molecule has 6 nitrogen and oxygen atoms in total. The smallest absolute Gasteiger partial charge is 0.424 e. The van der Waals surface area contributed by atoms with Crippen molar-refractivity contribution < 1.29 is 56.0 Å². The fourth-order valence-corrected chi connectivity index (χ4v) is 6.10. The Hall–Kier alpha value is -2.68. The predicted molar refractivity (Wildman–Crippen MR) is 131 cm³/mol. The fourth-order valence-electron chi connectivity index (χ4n) is 4.86. The quantitative estimate of drug-likeness (QED) is 0.145. The van der Waals surface area contributed by atoms with Crippen molar-refractivity contribution in [3.8, 4) is 11.5 Å². The van der Waals surface area contributed by atoms with Gasteiger partial charge in [-0.3, -0.25) is 0 Å². The van der Waals surface area contributed by atoms with Crippen LogP contribution in [0.25, 0.3) is 0 Å². The van der Waals surface area contributed by atoms with Gasteiger partial charge >= 0.3 is 19.4 Å². The largest absolute Gasteiger partial charge is 0.431 e. The lowest BCUT2D eigenvalue weighted by Gasteiger charge is -2.38. The van der Waals surface area contributed by atoms with Crippen LogP contribution in [0.1, 0.15) is 66.8 Å². The summed E-state index contributed by atoms with van der Waals surface area (Å²) < 4.78 is 104. The van der Waals surface area contributed by atoms with Gasteiger partial charge in [-0.15, -0.1) is 11.3 Å². The molecule has 40 heavy (non-hydrogen) atoms. The first kappa shape index (κ1) is 31.8. The summed E-state index contributed by atoms with van der Waals surface area (Å²) in [4.78, 5) is 4.25. The molecule has 14 heteroatoms. The normalized spacial score (nSPS) is 17.9. The number of quaternary nitrogens is 1. The number of allylic oxidation sites excluding steroid dienone is 3. The van der Waals surface area contributed by atoms with E-state index in [-0.39, 0.29) is 29.7 Å². The minimum absolute atomic E-state index is 0.0967. The van der Waals surface area contributed by atoms with E-state index in [0.29, 0.717) is 29.8 Å². The summed E-state index contributed by atoms with van der Waals surface area (Å²) in [5, 5.41) is 19.6. The number of thiazole rings is 1. The molecule has 2 atom stereocenters. The third-order valence-electron chi connectivity index (χ3n) is 6.83. The number of alkyl halides is 7. The molecule has 2 aromatic rings. The number of hydrogen-bond acceptors (Lipinski definition) is 6. The lowest BCUT2D eigenvalue weighted by Crippen LogP contribution is -2.73. The Bertz CT molecular complexity index is 1170. The van der Waals surface area contributed by atoms with Crippen LogP contribution < -0.4 is 15.0 Å². The molecule has 1 aromatic carbocycles. The minimum atomic E-state index is -5.00. The molecule has 0 radical (unpaired) electrons. The second-order valence-corrected chi connectivity index (χ2v) is 10.3. The molecule has 0 aliphatic heterocycles. The average Bonchev–Trinajstić information content (AvgIpc) is 3.39. The number of benzene rings is 1. The first-order valence-electron chi connectivity index (χ1n) is 12.5. The zero-order valence-corrected chi connectivity index (χ0v) is 22.2. The maximum absolute atomic E-state index is 14.3. The van der Waals surface area contributed by atoms with Gasteiger partial charge in [-0.05, 0) is 55.5 Å². The highest BCUT2D eigenvalue weighted by Crippen LogP contribution is 2.51. The molecule has 4 N–H and O–H groups in total. The molecule has 1 saturated carbocycles. The number of hydrogen-bond donors (Lipinski definition) is 3. The van der Waals surface area contributed by atoms with Gasteiger partial charge in [0.05, 0.1) is 0 Å². The highest BCUT2D eigenvalue weighted by Gasteiger charge is 2.61. The Kier molecular flexibility index (Phi) is 11.0. The molecule has 1 aromatic heterocycles. The summed E-state index contributed by atoms with van der Waals surface area (Å²) in [6, 6.07) is 3.38. The number of halogens is 7. The van der Waals surface area contributed by atoms with Gasteiger partial charge < -0.3 is 14.6 Å². The average molecular weight is 600 g/mol. The zero-order chi connectivity index (χ0) is 29.5. The third kappa shape index (κ3) is 7.53. The SMILES string of the molecule is C/C=C(\C=C/[NH2+]O)CC(c1ccc(OC(F)F)c(OC(F)F)c1)c1cnc(C(O)(C2CCCCC2)C(F)(F)F)s1. The second kappa shape index (κ2) is 13.8. The van der Waals surface area contributed by atoms with Crippen LogP contribution in [0.2, 0.25) is 0 Å². The van der Waals surface area contributed by atoms with E-state index in [1.54, 1.807) is 13.0 Å². The molecule has 0 spiro atoms. The number of nitrogens with zero attached hydrogens (tertiary/aromatic N) is 1. The van der Waals surface area contributed by atoms with Crippen molar-refractivity contribution in [1.29, 1.82) is 0 Å². The van der Waals surface area contributed by atoms with E-state index in [9.17, 15) is 35.8 Å². The summed E-state index contributed by atoms with van der Waals surface area (Å²) in [5.41, 5.74) is -1.55. The summed E-state index contributed by atoms with van der Waals surface area (Å²) in [5.74, 6) is -3.22. The van der Waals surface area contributed by atoms with Crippen LogP contribution in [0.15, 0.2) is 48.3 Å². The first-order valence-corrected chi connectivity index (χ1v) is 13.3. The monoisotopic (exact) mass is 599 g/mol. The number of ether oxygens (including phenoxy) is 2. The number of aromatic nitrogens is 1. The van der Waals surface area contributed by atoms with Crippen LogP contribution in [-0.4, -0.2) is 34.7 Å². The molecular weight excluding hydrogens is 569 g/mol. The lowest BCUT2D eigenvalue weighted by atomic mass is 9.76. The van der Waals surface area contributed by atoms with Crippen molar-refractivity contribution in [3.05, 3.63) is 63.8 Å². The molecule has 0 saturated heterocycles. The van der Waals surface area contributed by atoms with E-state index in [0.717, 1.165) is 24.0 Å². The van der Waals surface area contributed by atoms with Gasteiger partial charge in [0.2, 0.25) is 5.60 Å². The summed E-state index contributed by atoms with van der Waals surface area (Å²) in [6.45, 7) is -5.00. The van der Waals surface area contributed by atoms with Crippen LogP contribution in [0.4, 0.5) is 30.7 Å². The fraction of sp³-hybridized carbons (Fsp3) is 0.500. The van der Waals surface area contributed by atoms with Crippen LogP contribution in [-0.2, 0) is 5.60 Å². The van der Waals surface area contributed by atoms with Crippen molar-refractivity contribution in [1.82, 2.24) is 4.98 Å². The molecule has 1 fully saturated rings. The van der Waals surface area contributed by atoms with E-state index in [2.05, 4.69) is 14.5 Å². The molecule has 0 bridgehead atoms. The van der Waals surface area contributed by atoms with Crippen LogP contribution in [0, 0.1) is 5.92 Å². The summed E-state index contributed by atoms with van der Waals surface area (Å²) in [7, 11) is 0. The molecular formula is C26H30F7N2O4S+. The third-order valence-corrected chi connectivity index (χ3v) is 8.07. The van der Waals surface area contributed by atoms with E-state index in [4.69, 9.17) is 5.21 Å². The standard InChI is InChI=1S/C26H29F7N2O4S/c1-2-15(10-11-35-37)12-18(16-8-9-19(38-23(27)28)20(13-16)39-24(29)30)21-14-34-22(40-21)25(36,26(31,32)33)17-6-4-3-5-7-17/h2,8-11,13-14,17-18,23-24,35-37H,3-7,12H2,1H3/p+1/b11-10-,15-2+. The number of nitrogens with two attached hydrogens (primary N) is 1. The molecule has 1 aliphatic rings. The molecule has 3 rings (SSSR count). The van der Waals surface area contributed by atoms with E-state index >= 15 is 0 Å². The van der Waals surface area contributed by atoms with Crippen molar-refractivity contribution in [3.63, 3.8) is 0 Å². The second-order valence-electron chi connectivity index (χ2n) is 9.26. The number of aliphatic hydroxyl groups is 1. The minimum Gasteiger partial charge on any atom is -0.431 e. The van der Waals surface area contributed by atoms with Crippen molar-refractivity contribution in [2.24, 2.45) is 5.92 Å². The molecule has 2 unspecified atom stereocenters. The molecule has 0 amide bonds. The van der Waals surface area contributed by atoms with Crippen LogP contribution in [0.3, 0.4) is 0 Å². The van der Waals surface area contributed by atoms with E-state index in [1.807, 2.05) is 0 Å². The van der Waals surface area contributed by atoms with Gasteiger partial charge in [0.25, 0.3) is 0 Å². The molecule has 1 heterocycles. The van der Waals surface area contributed by atoms with Crippen molar-refractivity contribution in [2.75, 3.05) is 0 Å². The maximum atomic E-state index is 14.3. The first-order chi connectivity index (χ1) is 18.9. The van der Waals surface area contributed by atoms with Gasteiger partial charge in [-0.25, -0.2) is 10.2 Å². The summed E-state index contributed by atoms with van der Waals surface area (Å²) in [6.07, 6.45) is 3.04. The Morgan fingerprint density at radius 2 is 1.75 bits per heavy atom. The van der Waals surface area contributed by atoms with Crippen molar-refractivity contribution in [2.45, 2.75) is 76.4 Å². The zero-order valence-electron chi connectivity index (χ0n) is 21.4. The highest BCUT2D eigenvalue weighted by atomic mass is 32.1. The van der Waals surface area contributed by atoms with Gasteiger partial charge in [0.1, 0.15) is 11.2 Å². The topological polar surface area (TPSA) is 88.4 Å². The predicted octanol–water partition coefficient (Wildman–Crippen LogP) is 6.61. The summed E-state index contributed by atoms with van der Waals surface area (Å²) >= 11 is 0.644. The van der Waals surface area contributed by atoms with E-state index in [1.165, 1.54) is 24.5 Å². The Morgan fingerprint density at radius 1 is 1.10 bits per heavy atom.